The number of benzene rings is 1. The highest BCUT2D eigenvalue weighted by Crippen LogP contribution is 2.31. The van der Waals surface area contributed by atoms with Gasteiger partial charge in [-0.2, -0.15) is 0 Å². The van der Waals surface area contributed by atoms with E-state index in [0.29, 0.717) is 4.88 Å². The van der Waals surface area contributed by atoms with Crippen LogP contribution in [0.4, 0.5) is 0 Å². The van der Waals surface area contributed by atoms with Gasteiger partial charge in [0, 0.05) is 16.5 Å². The minimum absolute atomic E-state index is 0.0530. The number of aromatic hydroxyl groups is 1. The van der Waals surface area contributed by atoms with Crippen LogP contribution in [-0.2, 0) is 20.7 Å². The van der Waals surface area contributed by atoms with Gasteiger partial charge in [0.15, 0.2) is 0 Å². The average molecular weight is 348 g/mol. The molecule has 7 heteroatoms. The van der Waals surface area contributed by atoms with Crippen LogP contribution >= 0.6 is 11.3 Å². The van der Waals surface area contributed by atoms with Crippen molar-refractivity contribution >= 4 is 29.1 Å². The number of esters is 2. The maximum Gasteiger partial charge on any atom is 0.338 e. The standard InChI is InChI=1S/C17H16O6S/c1-22-15(19)8-7-13-12(18)9-14(24-13)16(20)10-5-3-4-6-11(10)17(21)23-2/h3-6,9,18H,7-8H2,1-2H3. The smallest absolute Gasteiger partial charge is 0.338 e. The third kappa shape index (κ3) is 3.80. The van der Waals surface area contributed by atoms with E-state index in [9.17, 15) is 19.5 Å². The summed E-state index contributed by atoms with van der Waals surface area (Å²) in [4.78, 5) is 36.4. The molecular weight excluding hydrogens is 332 g/mol. The molecule has 2 rings (SSSR count). The summed E-state index contributed by atoms with van der Waals surface area (Å²) in [5.74, 6) is -1.44. The molecule has 0 atom stereocenters. The lowest BCUT2D eigenvalue weighted by Gasteiger charge is -2.05. The first-order valence-corrected chi connectivity index (χ1v) is 7.90. The van der Waals surface area contributed by atoms with Gasteiger partial charge in [0.1, 0.15) is 5.75 Å². The Bertz CT molecular complexity index is 777. The Kier molecular flexibility index (Phi) is 5.70. The molecule has 1 aromatic heterocycles. The second kappa shape index (κ2) is 7.74. The highest BCUT2D eigenvalue weighted by Gasteiger charge is 2.21. The van der Waals surface area contributed by atoms with Crippen LogP contribution in [-0.4, -0.2) is 37.0 Å². The molecule has 0 unspecified atom stereocenters. The van der Waals surface area contributed by atoms with E-state index < -0.39 is 11.9 Å². The fraction of sp³-hybridized carbons (Fsp3) is 0.235. The number of ketones is 1. The van der Waals surface area contributed by atoms with Gasteiger partial charge in [-0.05, 0) is 12.5 Å². The summed E-state index contributed by atoms with van der Waals surface area (Å²) < 4.78 is 9.24. The van der Waals surface area contributed by atoms with Crippen LogP contribution < -0.4 is 0 Å². The van der Waals surface area contributed by atoms with Crippen molar-refractivity contribution < 1.29 is 29.0 Å². The van der Waals surface area contributed by atoms with Crippen molar-refractivity contribution in [3.63, 3.8) is 0 Å². The van der Waals surface area contributed by atoms with Gasteiger partial charge in [0.2, 0.25) is 5.78 Å². The molecule has 0 amide bonds. The maximum atomic E-state index is 12.6. The Balaban J connectivity index is 2.28. The Morgan fingerprint density at radius 2 is 1.75 bits per heavy atom. The lowest BCUT2D eigenvalue weighted by Crippen LogP contribution is -2.10. The molecule has 24 heavy (non-hydrogen) atoms. The molecule has 0 fully saturated rings. The number of hydrogen-bond donors (Lipinski definition) is 1. The van der Waals surface area contributed by atoms with Gasteiger partial charge >= 0.3 is 11.9 Å². The molecule has 0 radical (unpaired) electrons. The van der Waals surface area contributed by atoms with Crippen molar-refractivity contribution in [2.24, 2.45) is 0 Å². The quantitative estimate of drug-likeness (QED) is 0.637. The topological polar surface area (TPSA) is 89.9 Å². The van der Waals surface area contributed by atoms with Crippen molar-refractivity contribution in [3.8, 4) is 5.75 Å². The third-order valence-electron chi connectivity index (χ3n) is 3.37. The molecular formula is C17H16O6S. The van der Waals surface area contributed by atoms with E-state index in [0.717, 1.165) is 11.3 Å². The van der Waals surface area contributed by atoms with Crippen molar-refractivity contribution in [2.75, 3.05) is 14.2 Å². The largest absolute Gasteiger partial charge is 0.507 e. The Morgan fingerprint density at radius 3 is 2.38 bits per heavy atom. The van der Waals surface area contributed by atoms with E-state index in [4.69, 9.17) is 0 Å². The first-order valence-electron chi connectivity index (χ1n) is 7.08. The van der Waals surface area contributed by atoms with Gasteiger partial charge < -0.3 is 14.6 Å². The molecule has 0 aliphatic heterocycles. The predicted octanol–water partition coefficient (Wildman–Crippen LogP) is 2.58. The number of thiophene rings is 1. The van der Waals surface area contributed by atoms with Gasteiger partial charge in [0.05, 0.1) is 31.1 Å². The Labute approximate surface area is 142 Å². The molecule has 0 aliphatic rings. The van der Waals surface area contributed by atoms with Crippen LogP contribution in [0.2, 0.25) is 0 Å². The number of aryl methyl sites for hydroxylation is 1. The van der Waals surface area contributed by atoms with Crippen LogP contribution in [0.1, 0.15) is 36.9 Å². The molecule has 0 aliphatic carbocycles. The molecule has 1 heterocycles. The summed E-state index contributed by atoms with van der Waals surface area (Å²) in [5, 5.41) is 9.95. The van der Waals surface area contributed by atoms with E-state index in [1.165, 1.54) is 32.4 Å². The SMILES string of the molecule is COC(=O)CCc1sc(C(=O)c2ccccc2C(=O)OC)cc1O. The number of ether oxygens (including phenoxy) is 2. The van der Waals surface area contributed by atoms with Crippen molar-refractivity contribution in [2.45, 2.75) is 12.8 Å². The molecule has 0 spiro atoms. The number of carbonyl (C=O) groups excluding carboxylic acids is 3. The summed E-state index contributed by atoms with van der Waals surface area (Å²) in [6.07, 6.45) is 0.381. The number of hydrogen-bond acceptors (Lipinski definition) is 7. The Hall–Kier alpha value is -2.67. The van der Waals surface area contributed by atoms with Crippen molar-refractivity contribution in [1.82, 2.24) is 0 Å². The molecule has 2 aromatic rings. The van der Waals surface area contributed by atoms with E-state index in [-0.39, 0.29) is 40.4 Å². The minimum Gasteiger partial charge on any atom is -0.507 e. The maximum absolute atomic E-state index is 12.6. The lowest BCUT2D eigenvalue weighted by molar-refractivity contribution is -0.140. The van der Waals surface area contributed by atoms with Crippen molar-refractivity contribution in [3.05, 3.63) is 51.2 Å². The van der Waals surface area contributed by atoms with E-state index in [1.54, 1.807) is 12.1 Å². The second-order valence-electron chi connectivity index (χ2n) is 4.86. The summed E-state index contributed by atoms with van der Waals surface area (Å²) in [7, 11) is 2.53. The summed E-state index contributed by atoms with van der Waals surface area (Å²) in [6, 6.07) is 7.65. The summed E-state index contributed by atoms with van der Waals surface area (Å²) in [6.45, 7) is 0. The summed E-state index contributed by atoms with van der Waals surface area (Å²) >= 11 is 1.08. The van der Waals surface area contributed by atoms with E-state index >= 15 is 0 Å². The molecule has 1 aromatic carbocycles. The zero-order chi connectivity index (χ0) is 17.7. The van der Waals surface area contributed by atoms with Gasteiger partial charge in [-0.25, -0.2) is 4.79 Å². The first kappa shape index (κ1) is 17.7. The second-order valence-corrected chi connectivity index (χ2v) is 6.00. The molecule has 0 bridgehead atoms. The van der Waals surface area contributed by atoms with E-state index in [2.05, 4.69) is 9.47 Å². The number of methoxy groups -OCH3 is 2. The lowest BCUT2D eigenvalue weighted by atomic mass is 10.0. The molecule has 0 saturated carbocycles. The monoisotopic (exact) mass is 348 g/mol. The normalized spacial score (nSPS) is 10.2. The van der Waals surface area contributed by atoms with Gasteiger partial charge in [-0.15, -0.1) is 11.3 Å². The van der Waals surface area contributed by atoms with Crippen LogP contribution in [0.3, 0.4) is 0 Å². The highest BCUT2D eigenvalue weighted by atomic mass is 32.1. The molecule has 6 nitrogen and oxygen atoms in total. The zero-order valence-corrected chi connectivity index (χ0v) is 14.0. The molecule has 1 N–H and O–H groups in total. The molecule has 0 saturated heterocycles. The fourth-order valence-corrected chi connectivity index (χ4v) is 3.14. The number of carbonyl (C=O) groups is 3. The van der Waals surface area contributed by atoms with Crippen molar-refractivity contribution in [1.29, 1.82) is 0 Å². The Morgan fingerprint density at radius 1 is 1.08 bits per heavy atom. The van der Waals surface area contributed by atoms with Gasteiger partial charge in [-0.1, -0.05) is 18.2 Å². The van der Waals surface area contributed by atoms with Gasteiger partial charge in [0.25, 0.3) is 0 Å². The van der Waals surface area contributed by atoms with Crippen LogP contribution in [0.5, 0.6) is 5.75 Å². The fourth-order valence-electron chi connectivity index (χ4n) is 2.13. The first-order chi connectivity index (χ1) is 11.5. The van der Waals surface area contributed by atoms with Crippen LogP contribution in [0.25, 0.3) is 0 Å². The third-order valence-corrected chi connectivity index (χ3v) is 4.55. The van der Waals surface area contributed by atoms with Crippen LogP contribution in [0.15, 0.2) is 30.3 Å². The van der Waals surface area contributed by atoms with Crippen LogP contribution in [0, 0.1) is 0 Å². The number of rotatable bonds is 6. The summed E-state index contributed by atoms with van der Waals surface area (Å²) in [5.41, 5.74) is 0.360. The minimum atomic E-state index is -0.606. The van der Waals surface area contributed by atoms with Gasteiger partial charge in [-0.3, -0.25) is 9.59 Å². The average Bonchev–Trinajstić information content (AvgIpc) is 2.99. The molecule has 126 valence electrons. The highest BCUT2D eigenvalue weighted by molar-refractivity contribution is 7.14. The predicted molar refractivity (Wildman–Crippen MR) is 87.5 cm³/mol. The van der Waals surface area contributed by atoms with E-state index in [1.807, 2.05) is 0 Å². The zero-order valence-electron chi connectivity index (χ0n) is 13.2.